The van der Waals surface area contributed by atoms with Crippen molar-refractivity contribution in [1.29, 1.82) is 0 Å². The zero-order valence-electron chi connectivity index (χ0n) is 12.6. The molecule has 0 spiro atoms. The van der Waals surface area contributed by atoms with Crippen molar-refractivity contribution in [2.75, 3.05) is 26.8 Å². The Balaban J connectivity index is 2.71. The minimum Gasteiger partial charge on any atom is -0.383 e. The van der Waals surface area contributed by atoms with E-state index in [0.29, 0.717) is 6.61 Å². The maximum Gasteiger partial charge on any atom is 0.141 e. The lowest BCUT2D eigenvalue weighted by Crippen LogP contribution is -2.36. The summed E-state index contributed by atoms with van der Waals surface area (Å²) in [5.41, 5.74) is 1.27. The van der Waals surface area contributed by atoms with E-state index in [0.717, 1.165) is 37.9 Å². The van der Waals surface area contributed by atoms with Crippen LogP contribution in [0.5, 0.6) is 0 Å². The first-order valence-electron chi connectivity index (χ1n) is 7.20. The van der Waals surface area contributed by atoms with Gasteiger partial charge in [0.15, 0.2) is 0 Å². The van der Waals surface area contributed by atoms with Crippen molar-refractivity contribution < 1.29 is 9.13 Å². The predicted molar refractivity (Wildman–Crippen MR) is 82.9 cm³/mol. The van der Waals surface area contributed by atoms with Crippen LogP contribution in [0.15, 0.2) is 18.2 Å². The molecule has 1 aromatic carbocycles. The van der Waals surface area contributed by atoms with Gasteiger partial charge in [0.1, 0.15) is 5.82 Å². The second-order valence-electron chi connectivity index (χ2n) is 5.30. The highest BCUT2D eigenvalue weighted by atomic mass is 35.5. The summed E-state index contributed by atoms with van der Waals surface area (Å²) >= 11 is 5.87. The summed E-state index contributed by atoms with van der Waals surface area (Å²) in [5.74, 6) is -0.354. The third kappa shape index (κ3) is 5.04. The molecule has 0 unspecified atom stereocenters. The topological polar surface area (TPSA) is 21.3 Å². The van der Waals surface area contributed by atoms with Crippen LogP contribution in [-0.4, -0.2) is 26.8 Å². The van der Waals surface area contributed by atoms with Crippen molar-refractivity contribution in [2.24, 2.45) is 5.41 Å². The van der Waals surface area contributed by atoms with E-state index in [4.69, 9.17) is 16.3 Å². The van der Waals surface area contributed by atoms with Gasteiger partial charge in [0.2, 0.25) is 0 Å². The minimum absolute atomic E-state index is 0.175. The Kier molecular flexibility index (Phi) is 7.49. The van der Waals surface area contributed by atoms with Gasteiger partial charge in [-0.25, -0.2) is 4.39 Å². The summed E-state index contributed by atoms with van der Waals surface area (Å²) in [6.07, 6.45) is 3.04. The van der Waals surface area contributed by atoms with E-state index < -0.39 is 0 Å². The van der Waals surface area contributed by atoms with Crippen LogP contribution in [0.4, 0.5) is 4.39 Å². The first kappa shape index (κ1) is 17.4. The van der Waals surface area contributed by atoms with Gasteiger partial charge in [-0.05, 0) is 42.4 Å². The van der Waals surface area contributed by atoms with Gasteiger partial charge in [0.25, 0.3) is 0 Å². The van der Waals surface area contributed by atoms with Crippen molar-refractivity contribution in [3.05, 3.63) is 34.6 Å². The third-order valence-corrected chi connectivity index (χ3v) is 4.34. The molecule has 0 aromatic heterocycles. The Morgan fingerprint density at radius 1 is 1.30 bits per heavy atom. The number of methoxy groups -OCH3 is 1. The standard InChI is InChI=1S/C16H25ClFNO/c1-4-16(5-2,12-19-8-9-20-3)11-13-6-7-15(18)14(17)10-13/h6-7,10,19H,4-5,8-9,11-12H2,1-3H3. The molecule has 0 aliphatic rings. The van der Waals surface area contributed by atoms with Crippen molar-refractivity contribution in [3.8, 4) is 0 Å². The maximum absolute atomic E-state index is 13.2. The van der Waals surface area contributed by atoms with Gasteiger partial charge in [0.05, 0.1) is 11.6 Å². The van der Waals surface area contributed by atoms with Crippen molar-refractivity contribution in [2.45, 2.75) is 33.1 Å². The fourth-order valence-electron chi connectivity index (χ4n) is 2.42. The summed E-state index contributed by atoms with van der Waals surface area (Å²) in [6, 6.07) is 5.02. The summed E-state index contributed by atoms with van der Waals surface area (Å²) in [6.45, 7) is 6.89. The maximum atomic E-state index is 13.2. The minimum atomic E-state index is -0.354. The SMILES string of the molecule is CCC(CC)(CNCCOC)Cc1ccc(F)c(Cl)c1. The Morgan fingerprint density at radius 3 is 2.55 bits per heavy atom. The molecule has 0 aliphatic heterocycles. The smallest absolute Gasteiger partial charge is 0.141 e. The monoisotopic (exact) mass is 301 g/mol. The average molecular weight is 302 g/mol. The van der Waals surface area contributed by atoms with E-state index in [1.54, 1.807) is 13.2 Å². The number of hydrogen-bond donors (Lipinski definition) is 1. The van der Waals surface area contributed by atoms with E-state index in [-0.39, 0.29) is 16.3 Å². The number of rotatable bonds is 9. The lowest BCUT2D eigenvalue weighted by molar-refractivity contribution is 0.185. The van der Waals surface area contributed by atoms with Crippen LogP contribution in [0.2, 0.25) is 5.02 Å². The molecule has 1 aromatic rings. The third-order valence-electron chi connectivity index (χ3n) is 4.05. The van der Waals surface area contributed by atoms with Crippen LogP contribution >= 0.6 is 11.6 Å². The molecule has 1 N–H and O–H groups in total. The van der Waals surface area contributed by atoms with Crippen LogP contribution in [-0.2, 0) is 11.2 Å². The molecule has 1 rings (SSSR count). The Hall–Kier alpha value is -0.640. The highest BCUT2D eigenvalue weighted by Gasteiger charge is 2.26. The number of nitrogens with one attached hydrogen (secondary N) is 1. The number of halogens is 2. The fraction of sp³-hybridized carbons (Fsp3) is 0.625. The van der Waals surface area contributed by atoms with Gasteiger partial charge >= 0.3 is 0 Å². The zero-order chi connectivity index (χ0) is 15.0. The Morgan fingerprint density at radius 2 is 2.00 bits per heavy atom. The van der Waals surface area contributed by atoms with Gasteiger partial charge in [0, 0.05) is 20.2 Å². The van der Waals surface area contributed by atoms with Gasteiger partial charge in [-0.2, -0.15) is 0 Å². The molecule has 0 saturated heterocycles. The first-order chi connectivity index (χ1) is 9.56. The summed E-state index contributed by atoms with van der Waals surface area (Å²) in [7, 11) is 1.70. The lowest BCUT2D eigenvalue weighted by atomic mass is 9.77. The van der Waals surface area contributed by atoms with Gasteiger partial charge in [-0.15, -0.1) is 0 Å². The Labute approximate surface area is 126 Å². The molecule has 0 amide bonds. The molecule has 0 atom stereocenters. The van der Waals surface area contributed by atoms with Gasteiger partial charge < -0.3 is 10.1 Å². The molecule has 4 heteroatoms. The molecule has 2 nitrogen and oxygen atoms in total. The van der Waals surface area contributed by atoms with Gasteiger partial charge in [-0.1, -0.05) is 31.5 Å². The van der Waals surface area contributed by atoms with Crippen LogP contribution in [0, 0.1) is 11.2 Å². The number of ether oxygens (including phenoxy) is 1. The molecule has 0 bridgehead atoms. The van der Waals surface area contributed by atoms with Crippen LogP contribution in [0.3, 0.4) is 0 Å². The fourth-order valence-corrected chi connectivity index (χ4v) is 2.63. The second-order valence-corrected chi connectivity index (χ2v) is 5.71. The van der Waals surface area contributed by atoms with E-state index in [1.807, 2.05) is 6.07 Å². The van der Waals surface area contributed by atoms with E-state index in [9.17, 15) is 4.39 Å². The highest BCUT2D eigenvalue weighted by molar-refractivity contribution is 6.30. The second kappa shape index (κ2) is 8.60. The van der Waals surface area contributed by atoms with Crippen LogP contribution < -0.4 is 5.32 Å². The number of hydrogen-bond acceptors (Lipinski definition) is 2. The predicted octanol–water partition coefficient (Wildman–Crippen LogP) is 4.06. The van der Waals surface area contributed by atoms with Crippen molar-refractivity contribution in [3.63, 3.8) is 0 Å². The molecule has 0 saturated carbocycles. The highest BCUT2D eigenvalue weighted by Crippen LogP contribution is 2.31. The zero-order valence-corrected chi connectivity index (χ0v) is 13.4. The normalized spacial score (nSPS) is 11.8. The van der Waals surface area contributed by atoms with Crippen LogP contribution in [0.25, 0.3) is 0 Å². The molecule has 0 radical (unpaired) electrons. The van der Waals surface area contributed by atoms with E-state index in [2.05, 4.69) is 19.2 Å². The Bertz CT molecular complexity index is 407. The molecule has 0 fully saturated rings. The molecular weight excluding hydrogens is 277 g/mol. The first-order valence-corrected chi connectivity index (χ1v) is 7.58. The van der Waals surface area contributed by atoms with Crippen molar-refractivity contribution >= 4 is 11.6 Å². The van der Waals surface area contributed by atoms with Gasteiger partial charge in [-0.3, -0.25) is 0 Å². The van der Waals surface area contributed by atoms with Crippen molar-refractivity contribution in [1.82, 2.24) is 5.32 Å². The molecule has 114 valence electrons. The molecule has 0 aliphatic carbocycles. The molecule has 0 heterocycles. The molecular formula is C16H25ClFNO. The van der Waals surface area contributed by atoms with E-state index in [1.165, 1.54) is 6.07 Å². The molecule has 20 heavy (non-hydrogen) atoms. The van der Waals surface area contributed by atoms with Crippen LogP contribution in [0.1, 0.15) is 32.3 Å². The average Bonchev–Trinajstić information content (AvgIpc) is 2.46. The largest absolute Gasteiger partial charge is 0.383 e. The quantitative estimate of drug-likeness (QED) is 0.694. The number of benzene rings is 1. The summed E-state index contributed by atoms with van der Waals surface area (Å²) in [4.78, 5) is 0. The summed E-state index contributed by atoms with van der Waals surface area (Å²) in [5, 5.41) is 3.65. The summed E-state index contributed by atoms with van der Waals surface area (Å²) < 4.78 is 18.3. The lowest BCUT2D eigenvalue weighted by Gasteiger charge is -2.32. The van der Waals surface area contributed by atoms with E-state index >= 15 is 0 Å².